The standard InChI is InChI=1S/C78H126N2O32Si4/c1-85-23-37-99-21-19-79-75(81)67-59(15-51-113(101-39-25-87-3,102-40-26-88-4)103-41-27-89-5)55-63-65-57-61(17-53-115(107-45-31-93-9,108-46-32-94-10)109-47-33-95-11)69-74-70(78(84)80(77(69)83)20-22-100-38-24-86-2)62(18-54-116(110-48-34-96-12,111-49-35-97-13)112-50-36-98-14)58-66(72(65)74)64-56-60(68(76(79)82)73(67)71(63)64)16-52-114(104-42-28-90-6,105-43-29-91-7)106-44-30-92-8/h55-58H,15-54H2,1-14H3. The minimum atomic E-state index is -3.90. The Morgan fingerprint density at radius 1 is 0.216 bits per heavy atom. The van der Waals surface area contributed by atoms with Crippen LogP contribution in [-0.2, 0) is 155 Å². The number of ether oxygens (including phenoxy) is 16. The van der Waals surface area contributed by atoms with Crippen LogP contribution in [0, 0.1) is 0 Å². The first-order valence-corrected chi connectivity index (χ1v) is 47.0. The lowest BCUT2D eigenvalue weighted by atomic mass is 9.77. The maximum atomic E-state index is 16.5. The zero-order chi connectivity index (χ0) is 83.6. The summed E-state index contributed by atoms with van der Waals surface area (Å²) in [6, 6.07) is 8.25. The minimum Gasteiger partial charge on any atom is -0.382 e. The molecule has 0 N–H and O–H groups in total. The van der Waals surface area contributed by atoms with E-state index in [1.165, 1.54) is 9.80 Å². The molecule has 0 atom stereocenters. The molecule has 5 aromatic carbocycles. The Hall–Kier alpha value is -4.57. The second-order valence-corrected chi connectivity index (χ2v) is 37.8. The highest BCUT2D eigenvalue weighted by atomic mass is 28.4. The number of rotatable bonds is 72. The first-order valence-electron chi connectivity index (χ1n) is 39.3. The number of nitrogens with zero attached hydrogens (tertiary/aromatic N) is 2. The van der Waals surface area contributed by atoms with Crippen molar-refractivity contribution < 1.29 is 148 Å². The number of benzene rings is 5. The van der Waals surface area contributed by atoms with Crippen LogP contribution in [0.3, 0.4) is 0 Å². The Morgan fingerprint density at radius 3 is 0.543 bits per heavy atom. The average Bonchev–Trinajstić information content (AvgIpc) is 0.677. The van der Waals surface area contributed by atoms with Crippen LogP contribution in [0.15, 0.2) is 24.3 Å². The third-order valence-electron chi connectivity index (χ3n) is 19.4. The van der Waals surface area contributed by atoms with Gasteiger partial charge in [0.2, 0.25) is 0 Å². The van der Waals surface area contributed by atoms with E-state index in [0.717, 1.165) is 0 Å². The lowest BCUT2D eigenvalue weighted by molar-refractivity contribution is 0.0144. The van der Waals surface area contributed by atoms with Gasteiger partial charge in [-0.05, 0) is 105 Å². The molecule has 0 radical (unpaired) electrons. The van der Waals surface area contributed by atoms with Gasteiger partial charge in [-0.25, -0.2) is 0 Å². The highest BCUT2D eigenvalue weighted by molar-refractivity contribution is 6.62. The fourth-order valence-electron chi connectivity index (χ4n) is 13.9. The molecule has 0 aromatic heterocycles. The summed E-state index contributed by atoms with van der Waals surface area (Å²) in [5, 5.41) is 4.04. The van der Waals surface area contributed by atoms with Gasteiger partial charge in [0.15, 0.2) is 0 Å². The predicted octanol–water partition coefficient (Wildman–Crippen LogP) is 6.14. The lowest BCUT2D eigenvalue weighted by Gasteiger charge is -2.35. The van der Waals surface area contributed by atoms with Crippen LogP contribution in [0.2, 0.25) is 24.2 Å². The van der Waals surface area contributed by atoms with Crippen molar-refractivity contribution in [3.63, 3.8) is 0 Å². The van der Waals surface area contributed by atoms with Gasteiger partial charge in [-0.15, -0.1) is 0 Å². The second-order valence-electron chi connectivity index (χ2n) is 26.9. The molecular formula is C78H126N2O32Si4. The van der Waals surface area contributed by atoms with E-state index >= 15 is 19.2 Å². The summed E-state index contributed by atoms with van der Waals surface area (Å²) >= 11 is 0. The molecule has 38 heteroatoms. The predicted molar refractivity (Wildman–Crippen MR) is 435 cm³/mol. The summed E-state index contributed by atoms with van der Waals surface area (Å²) in [6.07, 6.45) is 0.237. The molecule has 34 nitrogen and oxygen atoms in total. The summed E-state index contributed by atoms with van der Waals surface area (Å²) in [5.41, 5.74) is 2.83. The van der Waals surface area contributed by atoms with E-state index in [4.69, 9.17) is 129 Å². The molecule has 5 aromatic rings. The van der Waals surface area contributed by atoms with Crippen LogP contribution in [0.4, 0.5) is 0 Å². The molecule has 7 rings (SSSR count). The zero-order valence-corrected chi connectivity index (χ0v) is 74.6. The topological polar surface area (TPSA) is 333 Å². The molecule has 0 fully saturated rings. The molecule has 0 saturated heterocycles. The maximum absolute atomic E-state index is 16.5. The first-order chi connectivity index (χ1) is 56.6. The van der Waals surface area contributed by atoms with Gasteiger partial charge in [-0.1, -0.05) is 0 Å². The third kappa shape index (κ3) is 27.2. The van der Waals surface area contributed by atoms with Crippen molar-refractivity contribution >= 4 is 102 Å². The van der Waals surface area contributed by atoms with Gasteiger partial charge >= 0.3 is 35.2 Å². The van der Waals surface area contributed by atoms with E-state index in [9.17, 15) is 0 Å². The summed E-state index contributed by atoms with van der Waals surface area (Å²) < 4.78 is 170. The van der Waals surface area contributed by atoms with Crippen molar-refractivity contribution in [1.82, 2.24) is 9.80 Å². The normalized spacial score (nSPS) is 13.7. The van der Waals surface area contributed by atoms with Crippen molar-refractivity contribution in [3.05, 3.63) is 68.8 Å². The monoisotopic (exact) mass is 1710 g/mol. The number of methoxy groups -OCH3 is 14. The van der Waals surface area contributed by atoms with Crippen LogP contribution in [0.25, 0.3) is 43.1 Å². The van der Waals surface area contributed by atoms with Crippen molar-refractivity contribution in [2.75, 3.05) is 311 Å². The summed E-state index contributed by atoms with van der Waals surface area (Å²) in [5.74, 6) is -2.38. The molecule has 0 spiro atoms. The SMILES string of the molecule is COCCOCCN1C(=O)c2c(CC[Si](OCCOC)(OCCOC)OCCOC)cc3c4cc(CC[Si](OCCOC)(OCCOC)OCCOC)c5c6c(c(CC[Si](OCCOC)(OCCOC)OCCOC)cc(c7cc(CC[Si](OCCOC)(OCCOC)OCCOC)c(c2c37)C1=O)c64)C(=O)N(CCOCCOC)C5=O. The van der Waals surface area contributed by atoms with E-state index in [0.29, 0.717) is 65.3 Å². The maximum Gasteiger partial charge on any atom is 0.501 e. The Kier molecular flexibility index (Phi) is 45.3. The lowest BCUT2D eigenvalue weighted by Crippen LogP contribution is -2.49. The Balaban J connectivity index is 1.77. The molecule has 2 heterocycles. The van der Waals surface area contributed by atoms with E-state index in [2.05, 4.69) is 0 Å². The number of hydrogen-bond donors (Lipinski definition) is 0. The van der Waals surface area contributed by atoms with Crippen molar-refractivity contribution in [3.8, 4) is 0 Å². The van der Waals surface area contributed by atoms with Crippen molar-refractivity contribution in [2.45, 2.75) is 49.9 Å². The van der Waals surface area contributed by atoms with Gasteiger partial charge in [0.05, 0.1) is 234 Å². The number of carbonyl (C=O) groups is 4. The molecule has 0 aliphatic carbocycles. The molecule has 4 amide bonds. The van der Waals surface area contributed by atoms with E-state index in [1.807, 2.05) is 24.3 Å². The molecule has 2 aliphatic heterocycles. The molecule has 116 heavy (non-hydrogen) atoms. The molecule has 656 valence electrons. The van der Waals surface area contributed by atoms with Crippen LogP contribution >= 0.6 is 0 Å². The van der Waals surface area contributed by atoms with Crippen LogP contribution in [-0.4, -0.2) is 379 Å². The van der Waals surface area contributed by atoms with Gasteiger partial charge in [0.1, 0.15) is 0 Å². The number of fused-ring (bicyclic) bond motifs is 2. The summed E-state index contributed by atoms with van der Waals surface area (Å²) in [7, 11) is 6.31. The molecule has 0 bridgehead atoms. The van der Waals surface area contributed by atoms with Gasteiger partial charge in [-0.2, -0.15) is 0 Å². The van der Waals surface area contributed by atoms with E-state index < -0.39 is 58.8 Å². The second kappa shape index (κ2) is 53.4. The average molecular weight is 1720 g/mol. The summed E-state index contributed by atoms with van der Waals surface area (Å²) in [6.45, 7) is 3.70. The van der Waals surface area contributed by atoms with Gasteiger partial charge in [0.25, 0.3) is 23.6 Å². The number of hydrogen-bond acceptors (Lipinski definition) is 32. The van der Waals surface area contributed by atoms with Gasteiger partial charge < -0.3 is 129 Å². The van der Waals surface area contributed by atoms with Crippen LogP contribution in [0.5, 0.6) is 0 Å². The number of imide groups is 2. The fraction of sp³-hybridized carbons (Fsp3) is 0.692. The quantitative estimate of drug-likeness (QED) is 0.0139. The van der Waals surface area contributed by atoms with Gasteiger partial charge in [-0.3, -0.25) is 29.0 Å². The molecule has 0 unspecified atom stereocenters. The number of amides is 4. The first kappa shape index (κ1) is 98.5. The van der Waals surface area contributed by atoms with Crippen LogP contribution in [0.1, 0.15) is 63.7 Å². The highest BCUT2D eigenvalue weighted by Crippen LogP contribution is 2.51. The van der Waals surface area contributed by atoms with E-state index in [-0.39, 0.29) is 283 Å². The zero-order valence-electron chi connectivity index (χ0n) is 70.6. The van der Waals surface area contributed by atoms with E-state index in [1.54, 1.807) is 99.5 Å². The van der Waals surface area contributed by atoms with Crippen LogP contribution < -0.4 is 0 Å². The number of carbonyl (C=O) groups excluding carboxylic acids is 4. The Bertz CT molecular complexity index is 3180. The smallest absolute Gasteiger partial charge is 0.382 e. The van der Waals surface area contributed by atoms with Crippen molar-refractivity contribution in [1.29, 1.82) is 0 Å². The number of aryl methyl sites for hydroxylation is 4. The van der Waals surface area contributed by atoms with Gasteiger partial charge in [0, 0.05) is 134 Å². The molecule has 0 saturated carbocycles. The fourth-order valence-corrected chi connectivity index (χ4v) is 23.7. The minimum absolute atomic E-state index is 0.0393. The molecule has 2 aliphatic rings. The largest absolute Gasteiger partial charge is 0.501 e. The third-order valence-corrected chi connectivity index (χ3v) is 30.6. The Labute approximate surface area is 686 Å². The Morgan fingerprint density at radius 2 is 0.379 bits per heavy atom. The van der Waals surface area contributed by atoms with Crippen molar-refractivity contribution in [2.24, 2.45) is 0 Å². The highest BCUT2D eigenvalue weighted by Gasteiger charge is 2.49. The summed E-state index contributed by atoms with van der Waals surface area (Å²) in [4.78, 5) is 68.6. The molecular weight excluding hydrogens is 1590 g/mol.